The summed E-state index contributed by atoms with van der Waals surface area (Å²) in [6.07, 6.45) is 10.0. The molecule has 1 unspecified atom stereocenters. The Hall–Kier alpha value is -1.14. The van der Waals surface area contributed by atoms with Crippen molar-refractivity contribution in [2.45, 2.75) is 123 Å². The van der Waals surface area contributed by atoms with Crippen LogP contribution in [0.4, 0.5) is 0 Å². The lowest BCUT2D eigenvalue weighted by molar-refractivity contribution is -0.174. The molecule has 37 heavy (non-hydrogen) atoms. The van der Waals surface area contributed by atoms with E-state index in [0.29, 0.717) is 41.9 Å². The summed E-state index contributed by atoms with van der Waals surface area (Å²) in [5.74, 6) is 2.50. The first-order valence-corrected chi connectivity index (χ1v) is 15.2. The molecule has 4 aliphatic rings. The summed E-state index contributed by atoms with van der Waals surface area (Å²) in [7, 11) is 1.37. The molecule has 4 aliphatic carbocycles. The number of nitrogens with one attached hydrogen (secondary N) is 1. The number of rotatable bonds is 8. The normalized spacial score (nSPS) is 43.5. The standard InChI is InChI=1S/C31H53NO5/c1-7-18(2)28(29(36)37-6)32-26(35)11-8-19(3)22-9-10-23-27-24(13-15-31(22,23)5)30(4)14-12-21(33)16-20(30)17-25(27)34/h18-25,27-28,33-34H,7-17H2,1-6H3,(H,32,35)/t18?,19-,20+,21-,22-,23+,24+,25-,27+,28+,30+,31-/m1/s1. The Bertz CT molecular complexity index is 832. The van der Waals surface area contributed by atoms with Crippen LogP contribution in [0.2, 0.25) is 0 Å². The molecule has 12 atom stereocenters. The van der Waals surface area contributed by atoms with Crippen LogP contribution in [0.3, 0.4) is 0 Å². The predicted molar refractivity (Wildman–Crippen MR) is 144 cm³/mol. The molecular weight excluding hydrogens is 466 g/mol. The average Bonchev–Trinajstić information content (AvgIpc) is 3.23. The van der Waals surface area contributed by atoms with Crippen molar-refractivity contribution < 1.29 is 24.5 Å². The van der Waals surface area contributed by atoms with Gasteiger partial charge < -0.3 is 20.3 Å². The lowest BCUT2D eigenvalue weighted by Gasteiger charge is -2.62. The van der Waals surface area contributed by atoms with Crippen LogP contribution in [-0.4, -0.2) is 47.4 Å². The van der Waals surface area contributed by atoms with E-state index in [1.54, 1.807) is 0 Å². The number of carbonyl (C=O) groups is 2. The zero-order valence-corrected chi connectivity index (χ0v) is 24.2. The minimum absolute atomic E-state index is 0.0364. The predicted octanol–water partition coefficient (Wildman–Crippen LogP) is 5.10. The Morgan fingerprint density at radius 1 is 1.00 bits per heavy atom. The molecule has 6 nitrogen and oxygen atoms in total. The summed E-state index contributed by atoms with van der Waals surface area (Å²) in [6.45, 7) is 11.2. The number of esters is 1. The highest BCUT2D eigenvalue weighted by Gasteiger charge is 2.62. The minimum atomic E-state index is -0.583. The van der Waals surface area contributed by atoms with Crippen LogP contribution in [-0.2, 0) is 14.3 Å². The van der Waals surface area contributed by atoms with Crippen LogP contribution >= 0.6 is 0 Å². The fourth-order valence-electron chi connectivity index (χ4n) is 9.78. The second kappa shape index (κ2) is 11.2. The average molecular weight is 520 g/mol. The lowest BCUT2D eigenvalue weighted by Crippen LogP contribution is -2.58. The van der Waals surface area contributed by atoms with Crippen molar-refractivity contribution in [2.24, 2.45) is 52.3 Å². The number of aliphatic hydroxyl groups is 2. The number of carbonyl (C=O) groups excluding carboxylic acids is 2. The van der Waals surface area contributed by atoms with Crippen LogP contribution in [0, 0.1) is 52.3 Å². The zero-order chi connectivity index (χ0) is 27.1. The maximum absolute atomic E-state index is 12.8. The van der Waals surface area contributed by atoms with Crippen molar-refractivity contribution in [2.75, 3.05) is 7.11 Å². The first-order valence-electron chi connectivity index (χ1n) is 15.2. The largest absolute Gasteiger partial charge is 0.467 e. The maximum atomic E-state index is 12.8. The molecule has 0 spiro atoms. The first-order chi connectivity index (χ1) is 17.5. The molecule has 4 saturated carbocycles. The Kier molecular flexibility index (Phi) is 8.70. The van der Waals surface area contributed by atoms with Crippen LogP contribution in [0.1, 0.15) is 105 Å². The summed E-state index contributed by atoms with van der Waals surface area (Å²) in [5, 5.41) is 24.7. The van der Waals surface area contributed by atoms with Gasteiger partial charge in [0.15, 0.2) is 0 Å². The van der Waals surface area contributed by atoms with Gasteiger partial charge in [0.1, 0.15) is 6.04 Å². The number of fused-ring (bicyclic) bond motifs is 5. The van der Waals surface area contributed by atoms with Crippen LogP contribution in [0.15, 0.2) is 0 Å². The Morgan fingerprint density at radius 2 is 1.68 bits per heavy atom. The molecule has 0 radical (unpaired) electrons. The molecule has 0 bridgehead atoms. The molecule has 0 heterocycles. The van der Waals surface area contributed by atoms with Gasteiger partial charge in [0.05, 0.1) is 19.3 Å². The second-order valence-corrected chi connectivity index (χ2v) is 13.9. The van der Waals surface area contributed by atoms with Crippen molar-refractivity contribution in [1.29, 1.82) is 0 Å². The van der Waals surface area contributed by atoms with Gasteiger partial charge in [-0.15, -0.1) is 0 Å². The molecular formula is C31H53NO5. The fourth-order valence-corrected chi connectivity index (χ4v) is 9.78. The first kappa shape index (κ1) is 28.9. The molecule has 212 valence electrons. The van der Waals surface area contributed by atoms with Gasteiger partial charge in [-0.25, -0.2) is 4.79 Å². The van der Waals surface area contributed by atoms with Gasteiger partial charge in [-0.1, -0.05) is 41.0 Å². The van der Waals surface area contributed by atoms with E-state index in [1.807, 2.05) is 13.8 Å². The quantitative estimate of drug-likeness (QED) is 0.388. The smallest absolute Gasteiger partial charge is 0.328 e. The van der Waals surface area contributed by atoms with Crippen molar-refractivity contribution in [1.82, 2.24) is 5.32 Å². The molecule has 0 aromatic rings. The monoisotopic (exact) mass is 519 g/mol. The maximum Gasteiger partial charge on any atom is 0.328 e. The van der Waals surface area contributed by atoms with Crippen LogP contribution in [0.25, 0.3) is 0 Å². The number of methoxy groups -OCH3 is 1. The van der Waals surface area contributed by atoms with Gasteiger partial charge in [-0.2, -0.15) is 0 Å². The van der Waals surface area contributed by atoms with E-state index in [0.717, 1.165) is 38.5 Å². The van der Waals surface area contributed by atoms with Crippen molar-refractivity contribution in [3.05, 3.63) is 0 Å². The summed E-state index contributed by atoms with van der Waals surface area (Å²) in [6, 6.07) is -0.583. The molecule has 4 fully saturated rings. The highest BCUT2D eigenvalue weighted by Crippen LogP contribution is 2.68. The summed E-state index contributed by atoms with van der Waals surface area (Å²) < 4.78 is 4.93. The zero-order valence-electron chi connectivity index (χ0n) is 24.2. The van der Waals surface area contributed by atoms with E-state index in [1.165, 1.54) is 32.8 Å². The van der Waals surface area contributed by atoms with Crippen LogP contribution in [0.5, 0.6) is 0 Å². The molecule has 0 aromatic carbocycles. The van der Waals surface area contributed by atoms with Gasteiger partial charge in [-0.3, -0.25) is 4.79 Å². The highest BCUT2D eigenvalue weighted by molar-refractivity contribution is 5.84. The molecule has 0 aliphatic heterocycles. The Balaban J connectivity index is 1.40. The van der Waals surface area contributed by atoms with Gasteiger partial charge in [0, 0.05) is 6.42 Å². The topological polar surface area (TPSA) is 95.9 Å². The third kappa shape index (κ3) is 5.23. The Morgan fingerprint density at radius 3 is 2.35 bits per heavy atom. The summed E-state index contributed by atoms with van der Waals surface area (Å²) in [5.41, 5.74) is 0.457. The third-order valence-corrected chi connectivity index (χ3v) is 12.2. The lowest BCUT2D eigenvalue weighted by atomic mass is 9.43. The number of ether oxygens (including phenoxy) is 1. The SMILES string of the molecule is CCC(C)[C@H](NC(=O)CC[C@@H](C)[C@H]1CC[C@H]2[C@@H]3[C@H](O)C[C@@H]4C[C@H](O)CC[C@]4(C)[C@H]3CC[C@]12C)C(=O)OC. The van der Waals surface area contributed by atoms with Gasteiger partial charge in [0.2, 0.25) is 5.91 Å². The number of aliphatic hydroxyl groups excluding tert-OH is 2. The highest BCUT2D eigenvalue weighted by atomic mass is 16.5. The summed E-state index contributed by atoms with van der Waals surface area (Å²) in [4.78, 5) is 25.0. The molecule has 6 heteroatoms. The van der Waals surface area contributed by atoms with E-state index in [-0.39, 0.29) is 40.8 Å². The van der Waals surface area contributed by atoms with E-state index in [2.05, 4.69) is 26.1 Å². The molecule has 4 rings (SSSR count). The minimum Gasteiger partial charge on any atom is -0.467 e. The number of amides is 1. The van der Waals surface area contributed by atoms with Gasteiger partial charge in [0.25, 0.3) is 0 Å². The van der Waals surface area contributed by atoms with Crippen LogP contribution < -0.4 is 5.32 Å². The summed E-state index contributed by atoms with van der Waals surface area (Å²) >= 11 is 0. The van der Waals surface area contributed by atoms with Crippen molar-refractivity contribution >= 4 is 11.9 Å². The second-order valence-electron chi connectivity index (χ2n) is 13.9. The fraction of sp³-hybridized carbons (Fsp3) is 0.935. The third-order valence-electron chi connectivity index (χ3n) is 12.2. The molecule has 1 amide bonds. The number of hydrogen-bond acceptors (Lipinski definition) is 5. The van der Waals surface area contributed by atoms with Gasteiger partial charge >= 0.3 is 5.97 Å². The van der Waals surface area contributed by atoms with Gasteiger partial charge in [-0.05, 0) is 110 Å². The molecule has 0 saturated heterocycles. The van der Waals surface area contributed by atoms with E-state index in [9.17, 15) is 19.8 Å². The van der Waals surface area contributed by atoms with Crippen molar-refractivity contribution in [3.8, 4) is 0 Å². The van der Waals surface area contributed by atoms with Crippen molar-refractivity contribution in [3.63, 3.8) is 0 Å². The van der Waals surface area contributed by atoms with E-state index in [4.69, 9.17) is 4.74 Å². The Labute approximate surface area is 224 Å². The molecule has 3 N–H and O–H groups in total. The van der Waals surface area contributed by atoms with E-state index < -0.39 is 6.04 Å². The number of hydrogen-bond donors (Lipinski definition) is 3. The van der Waals surface area contributed by atoms with E-state index >= 15 is 0 Å². The molecule has 0 aromatic heterocycles.